The zero-order valence-electron chi connectivity index (χ0n) is 15.6. The SMILES string of the molecule is COc1cccc2c(C)c(C(=O)Nc3ccc(N4CCNCC4)cc3)[nH]c12. The van der Waals surface area contributed by atoms with Crippen LogP contribution < -0.4 is 20.3 Å². The van der Waals surface area contributed by atoms with E-state index in [1.54, 1.807) is 7.11 Å². The molecule has 4 rings (SSSR count). The molecule has 2 aromatic carbocycles. The molecule has 1 saturated heterocycles. The number of benzene rings is 2. The Kier molecular flexibility index (Phi) is 4.73. The highest BCUT2D eigenvalue weighted by Gasteiger charge is 2.17. The molecule has 0 atom stereocenters. The number of fused-ring (bicyclic) bond motifs is 1. The van der Waals surface area contributed by atoms with Gasteiger partial charge < -0.3 is 25.3 Å². The average Bonchev–Trinajstić information content (AvgIpc) is 3.06. The molecule has 0 unspecified atom stereocenters. The lowest BCUT2D eigenvalue weighted by atomic mass is 10.1. The van der Waals surface area contributed by atoms with Gasteiger partial charge in [0.1, 0.15) is 11.4 Å². The molecule has 1 aliphatic heterocycles. The highest BCUT2D eigenvalue weighted by atomic mass is 16.5. The summed E-state index contributed by atoms with van der Waals surface area (Å²) in [5, 5.41) is 7.33. The van der Waals surface area contributed by atoms with Crippen LogP contribution in [0.15, 0.2) is 42.5 Å². The van der Waals surface area contributed by atoms with Crippen molar-refractivity contribution in [1.82, 2.24) is 10.3 Å². The number of methoxy groups -OCH3 is 1. The second-order valence-corrected chi connectivity index (χ2v) is 6.75. The number of H-pyrrole nitrogens is 1. The van der Waals surface area contributed by atoms with E-state index >= 15 is 0 Å². The predicted octanol–water partition coefficient (Wildman–Crippen LogP) is 3.15. The van der Waals surface area contributed by atoms with Gasteiger partial charge in [-0.1, -0.05) is 12.1 Å². The number of carbonyl (C=O) groups is 1. The molecule has 6 nitrogen and oxygen atoms in total. The monoisotopic (exact) mass is 364 g/mol. The lowest BCUT2D eigenvalue weighted by Crippen LogP contribution is -2.43. The summed E-state index contributed by atoms with van der Waals surface area (Å²) in [6.07, 6.45) is 0. The number of piperazine rings is 1. The number of anilines is 2. The number of rotatable bonds is 4. The van der Waals surface area contributed by atoms with E-state index in [1.807, 2.05) is 37.3 Å². The molecule has 27 heavy (non-hydrogen) atoms. The van der Waals surface area contributed by atoms with E-state index in [0.29, 0.717) is 5.69 Å². The number of aromatic amines is 1. The van der Waals surface area contributed by atoms with Crippen LogP contribution in [0, 0.1) is 6.92 Å². The molecular weight excluding hydrogens is 340 g/mol. The van der Waals surface area contributed by atoms with Gasteiger partial charge in [-0.2, -0.15) is 0 Å². The van der Waals surface area contributed by atoms with Gasteiger partial charge >= 0.3 is 0 Å². The maximum absolute atomic E-state index is 12.8. The van der Waals surface area contributed by atoms with Crippen LogP contribution in [0.3, 0.4) is 0 Å². The van der Waals surface area contributed by atoms with Crippen molar-refractivity contribution in [3.05, 3.63) is 53.7 Å². The van der Waals surface area contributed by atoms with E-state index in [1.165, 1.54) is 5.69 Å². The summed E-state index contributed by atoms with van der Waals surface area (Å²) >= 11 is 0. The molecule has 3 N–H and O–H groups in total. The van der Waals surface area contributed by atoms with Gasteiger partial charge in [-0.15, -0.1) is 0 Å². The van der Waals surface area contributed by atoms with Crippen LogP contribution in [0.4, 0.5) is 11.4 Å². The molecule has 1 aliphatic rings. The molecule has 2 heterocycles. The summed E-state index contributed by atoms with van der Waals surface area (Å²) in [7, 11) is 1.63. The van der Waals surface area contributed by atoms with E-state index in [-0.39, 0.29) is 5.91 Å². The van der Waals surface area contributed by atoms with Crippen molar-refractivity contribution in [1.29, 1.82) is 0 Å². The first kappa shape index (κ1) is 17.4. The second kappa shape index (κ2) is 7.32. The number of nitrogens with zero attached hydrogens (tertiary/aromatic N) is 1. The number of nitrogens with one attached hydrogen (secondary N) is 3. The lowest BCUT2D eigenvalue weighted by molar-refractivity contribution is 0.102. The van der Waals surface area contributed by atoms with Crippen molar-refractivity contribution in [3.63, 3.8) is 0 Å². The molecule has 140 valence electrons. The van der Waals surface area contributed by atoms with Crippen molar-refractivity contribution in [2.24, 2.45) is 0 Å². The maximum Gasteiger partial charge on any atom is 0.272 e. The molecule has 0 radical (unpaired) electrons. The van der Waals surface area contributed by atoms with Gasteiger partial charge in [-0.05, 0) is 42.8 Å². The van der Waals surface area contributed by atoms with E-state index < -0.39 is 0 Å². The Labute approximate surface area is 158 Å². The van der Waals surface area contributed by atoms with Gasteiger partial charge in [-0.25, -0.2) is 0 Å². The smallest absolute Gasteiger partial charge is 0.272 e. The Morgan fingerprint density at radius 3 is 2.56 bits per heavy atom. The van der Waals surface area contributed by atoms with Gasteiger partial charge in [0.05, 0.1) is 12.6 Å². The Hall–Kier alpha value is -2.99. The number of carbonyl (C=O) groups excluding carboxylic acids is 1. The minimum atomic E-state index is -0.152. The number of hydrogen-bond donors (Lipinski definition) is 3. The Bertz CT molecular complexity index is 956. The zero-order valence-corrected chi connectivity index (χ0v) is 15.6. The van der Waals surface area contributed by atoms with Crippen LogP contribution in [0.25, 0.3) is 10.9 Å². The van der Waals surface area contributed by atoms with Crippen molar-refractivity contribution in [2.75, 3.05) is 43.5 Å². The topological polar surface area (TPSA) is 69.4 Å². The van der Waals surface area contributed by atoms with Crippen LogP contribution in [0.1, 0.15) is 16.1 Å². The summed E-state index contributed by atoms with van der Waals surface area (Å²) in [5.74, 6) is 0.579. The first-order valence-corrected chi connectivity index (χ1v) is 9.20. The fourth-order valence-electron chi connectivity index (χ4n) is 3.60. The fourth-order valence-corrected chi connectivity index (χ4v) is 3.60. The van der Waals surface area contributed by atoms with Gasteiger partial charge in [-0.3, -0.25) is 4.79 Å². The van der Waals surface area contributed by atoms with Gasteiger partial charge in [0.15, 0.2) is 0 Å². The standard InChI is InChI=1S/C21H24N4O2/c1-14-17-4-3-5-18(27-2)20(17)24-19(14)21(26)23-15-6-8-16(9-7-15)25-12-10-22-11-13-25/h3-9,22,24H,10-13H2,1-2H3,(H,23,26). The summed E-state index contributed by atoms with van der Waals surface area (Å²) in [6.45, 7) is 5.95. The van der Waals surface area contributed by atoms with Crippen molar-refractivity contribution >= 4 is 28.2 Å². The van der Waals surface area contributed by atoms with Crippen molar-refractivity contribution < 1.29 is 9.53 Å². The first-order valence-electron chi connectivity index (χ1n) is 9.20. The molecule has 0 saturated carbocycles. The van der Waals surface area contributed by atoms with Gasteiger partial charge in [0.2, 0.25) is 0 Å². The highest BCUT2D eigenvalue weighted by molar-refractivity contribution is 6.08. The Morgan fingerprint density at radius 1 is 1.11 bits per heavy atom. The van der Waals surface area contributed by atoms with Gasteiger partial charge in [0.25, 0.3) is 5.91 Å². The molecule has 1 fully saturated rings. The van der Waals surface area contributed by atoms with Crippen LogP contribution in [-0.4, -0.2) is 44.2 Å². The first-order chi connectivity index (χ1) is 13.2. The third kappa shape index (κ3) is 3.36. The van der Waals surface area contributed by atoms with Crippen molar-refractivity contribution in [2.45, 2.75) is 6.92 Å². The van der Waals surface area contributed by atoms with Crippen LogP contribution in [-0.2, 0) is 0 Å². The van der Waals surface area contributed by atoms with Crippen LogP contribution >= 0.6 is 0 Å². The largest absolute Gasteiger partial charge is 0.495 e. The molecule has 0 spiro atoms. The summed E-state index contributed by atoms with van der Waals surface area (Å²) in [4.78, 5) is 18.3. The Balaban J connectivity index is 1.54. The molecular formula is C21H24N4O2. The highest BCUT2D eigenvalue weighted by Crippen LogP contribution is 2.29. The van der Waals surface area contributed by atoms with E-state index in [0.717, 1.165) is 54.1 Å². The third-order valence-electron chi connectivity index (χ3n) is 5.11. The summed E-state index contributed by atoms with van der Waals surface area (Å²) in [5.41, 5.74) is 4.28. The summed E-state index contributed by atoms with van der Waals surface area (Å²) < 4.78 is 5.39. The molecule has 0 aliphatic carbocycles. The molecule has 0 bridgehead atoms. The number of ether oxygens (including phenoxy) is 1. The number of hydrogen-bond acceptors (Lipinski definition) is 4. The molecule has 1 aromatic heterocycles. The van der Waals surface area contributed by atoms with E-state index in [4.69, 9.17) is 4.74 Å². The molecule has 6 heteroatoms. The van der Waals surface area contributed by atoms with E-state index in [9.17, 15) is 4.79 Å². The average molecular weight is 364 g/mol. The minimum absolute atomic E-state index is 0.152. The predicted molar refractivity (Wildman–Crippen MR) is 109 cm³/mol. The quantitative estimate of drug-likeness (QED) is 0.665. The minimum Gasteiger partial charge on any atom is -0.495 e. The second-order valence-electron chi connectivity index (χ2n) is 6.75. The van der Waals surface area contributed by atoms with E-state index in [2.05, 4.69) is 32.7 Å². The lowest BCUT2D eigenvalue weighted by Gasteiger charge is -2.29. The summed E-state index contributed by atoms with van der Waals surface area (Å²) in [6, 6.07) is 13.8. The van der Waals surface area contributed by atoms with Crippen molar-refractivity contribution in [3.8, 4) is 5.75 Å². The van der Waals surface area contributed by atoms with Gasteiger partial charge in [0, 0.05) is 42.9 Å². The number of aromatic nitrogens is 1. The zero-order chi connectivity index (χ0) is 18.8. The molecule has 3 aromatic rings. The van der Waals surface area contributed by atoms with Crippen LogP contribution in [0.5, 0.6) is 5.75 Å². The number of para-hydroxylation sites is 1. The molecule has 1 amide bonds. The van der Waals surface area contributed by atoms with Crippen LogP contribution in [0.2, 0.25) is 0 Å². The fraction of sp³-hybridized carbons (Fsp3) is 0.286. The Morgan fingerprint density at radius 2 is 1.85 bits per heavy atom. The normalized spacial score (nSPS) is 14.4. The third-order valence-corrected chi connectivity index (χ3v) is 5.11. The number of amides is 1. The maximum atomic E-state index is 12.8. The number of aryl methyl sites for hydroxylation is 1.